The second-order valence-corrected chi connectivity index (χ2v) is 6.09. The summed E-state index contributed by atoms with van der Waals surface area (Å²) >= 11 is 1.65. The van der Waals surface area contributed by atoms with Crippen molar-refractivity contribution >= 4 is 29.4 Å². The van der Waals surface area contributed by atoms with E-state index in [-0.39, 0.29) is 10.4 Å². The Balaban J connectivity index is 2.06. The van der Waals surface area contributed by atoms with Crippen LogP contribution >= 0.6 is 11.8 Å². The largest absolute Gasteiger partial charge is 0.478 e. The SMILES string of the molecule is CSC1(CNC(=O)Nc2cc(F)c(F)cc2C(=O)O)CC1. The third-order valence-corrected chi connectivity index (χ3v) is 4.77. The Hall–Kier alpha value is -1.83. The van der Waals surface area contributed by atoms with Gasteiger partial charge in [0, 0.05) is 17.4 Å². The van der Waals surface area contributed by atoms with Crippen LogP contribution in [0.5, 0.6) is 0 Å². The lowest BCUT2D eigenvalue weighted by Crippen LogP contribution is -2.35. The molecule has 1 aromatic carbocycles. The molecule has 1 saturated carbocycles. The van der Waals surface area contributed by atoms with Gasteiger partial charge < -0.3 is 15.7 Å². The van der Waals surface area contributed by atoms with Gasteiger partial charge in [-0.2, -0.15) is 11.8 Å². The summed E-state index contributed by atoms with van der Waals surface area (Å²) in [4.78, 5) is 22.7. The lowest BCUT2D eigenvalue weighted by atomic mass is 10.1. The molecule has 8 heteroatoms. The lowest BCUT2D eigenvalue weighted by Gasteiger charge is -2.14. The number of carboxylic acids is 1. The number of amides is 2. The van der Waals surface area contributed by atoms with Crippen molar-refractivity contribution in [3.63, 3.8) is 0 Å². The van der Waals surface area contributed by atoms with Gasteiger partial charge in [0.25, 0.3) is 0 Å². The van der Waals surface area contributed by atoms with Crippen molar-refractivity contribution in [2.75, 3.05) is 18.1 Å². The molecule has 3 N–H and O–H groups in total. The number of rotatable bonds is 5. The fourth-order valence-electron chi connectivity index (χ4n) is 1.83. The number of nitrogens with one attached hydrogen (secondary N) is 2. The predicted molar refractivity (Wildman–Crippen MR) is 75.8 cm³/mol. The van der Waals surface area contributed by atoms with E-state index in [0.29, 0.717) is 18.7 Å². The van der Waals surface area contributed by atoms with Crippen LogP contribution in [-0.4, -0.2) is 34.7 Å². The molecule has 0 heterocycles. The lowest BCUT2D eigenvalue weighted by molar-refractivity contribution is 0.0697. The molecule has 1 fully saturated rings. The molecule has 2 rings (SSSR count). The van der Waals surface area contributed by atoms with E-state index < -0.39 is 29.2 Å². The summed E-state index contributed by atoms with van der Waals surface area (Å²) in [6.45, 7) is 0.437. The fourth-order valence-corrected chi connectivity index (χ4v) is 2.55. The zero-order chi connectivity index (χ0) is 15.6. The second-order valence-electron chi connectivity index (χ2n) is 4.81. The molecule has 0 saturated heterocycles. The molecule has 5 nitrogen and oxygen atoms in total. The molecular weight excluding hydrogens is 302 g/mol. The van der Waals surface area contributed by atoms with Crippen molar-refractivity contribution in [3.05, 3.63) is 29.3 Å². The Labute approximate surface area is 124 Å². The number of thioether (sulfide) groups is 1. The third kappa shape index (κ3) is 3.63. The van der Waals surface area contributed by atoms with E-state index in [2.05, 4.69) is 10.6 Å². The van der Waals surface area contributed by atoms with E-state index in [9.17, 15) is 18.4 Å². The number of aromatic carboxylic acids is 1. The minimum atomic E-state index is -1.45. The Kier molecular flexibility index (Phi) is 4.36. The average molecular weight is 316 g/mol. The normalized spacial score (nSPS) is 15.4. The first-order valence-electron chi connectivity index (χ1n) is 6.19. The van der Waals surface area contributed by atoms with Crippen LogP contribution in [0.4, 0.5) is 19.3 Å². The molecule has 1 aliphatic rings. The maximum absolute atomic E-state index is 13.2. The van der Waals surface area contributed by atoms with E-state index in [4.69, 9.17) is 5.11 Å². The second kappa shape index (κ2) is 5.88. The molecule has 0 atom stereocenters. The molecule has 1 aliphatic carbocycles. The van der Waals surface area contributed by atoms with Gasteiger partial charge in [-0.25, -0.2) is 18.4 Å². The maximum atomic E-state index is 13.2. The molecule has 0 bridgehead atoms. The van der Waals surface area contributed by atoms with Gasteiger partial charge in [0.05, 0.1) is 11.3 Å². The Bertz CT molecular complexity index is 591. The molecule has 114 valence electrons. The van der Waals surface area contributed by atoms with E-state index >= 15 is 0 Å². The van der Waals surface area contributed by atoms with Crippen LogP contribution in [0.15, 0.2) is 12.1 Å². The van der Waals surface area contributed by atoms with E-state index in [1.54, 1.807) is 11.8 Å². The fraction of sp³-hybridized carbons (Fsp3) is 0.385. The quantitative estimate of drug-likeness (QED) is 0.780. The van der Waals surface area contributed by atoms with Gasteiger partial charge in [-0.1, -0.05) is 0 Å². The van der Waals surface area contributed by atoms with Crippen molar-refractivity contribution in [1.82, 2.24) is 5.32 Å². The number of urea groups is 1. The third-order valence-electron chi connectivity index (χ3n) is 3.35. The smallest absolute Gasteiger partial charge is 0.337 e. The molecule has 21 heavy (non-hydrogen) atoms. The van der Waals surface area contributed by atoms with Crippen molar-refractivity contribution in [3.8, 4) is 0 Å². The Morgan fingerprint density at radius 2 is 1.95 bits per heavy atom. The van der Waals surface area contributed by atoms with Crippen LogP contribution in [0.25, 0.3) is 0 Å². The van der Waals surface area contributed by atoms with Gasteiger partial charge in [0.15, 0.2) is 11.6 Å². The van der Waals surface area contributed by atoms with E-state index in [1.807, 2.05) is 6.26 Å². The standard InChI is InChI=1S/C13H14F2N2O3S/c1-21-13(2-3-13)6-16-12(20)17-10-5-9(15)8(14)4-7(10)11(18)19/h4-5H,2-3,6H2,1H3,(H,18,19)(H2,16,17,20). The molecule has 1 aromatic rings. The number of carbonyl (C=O) groups is 2. The van der Waals surface area contributed by atoms with Gasteiger partial charge in [0.2, 0.25) is 0 Å². The van der Waals surface area contributed by atoms with Crippen molar-refractivity contribution < 1.29 is 23.5 Å². The van der Waals surface area contributed by atoms with E-state index in [1.165, 1.54) is 0 Å². The first kappa shape index (κ1) is 15.6. The number of halogens is 2. The number of hydrogen-bond donors (Lipinski definition) is 3. The number of carboxylic acid groups (broad SMARTS) is 1. The van der Waals surface area contributed by atoms with Gasteiger partial charge in [-0.15, -0.1) is 0 Å². The van der Waals surface area contributed by atoms with Crippen LogP contribution < -0.4 is 10.6 Å². The highest BCUT2D eigenvalue weighted by Crippen LogP contribution is 2.46. The van der Waals surface area contributed by atoms with Gasteiger partial charge in [0.1, 0.15) is 0 Å². The summed E-state index contributed by atoms with van der Waals surface area (Å²) in [5, 5.41) is 13.8. The highest BCUT2D eigenvalue weighted by Gasteiger charge is 2.41. The zero-order valence-corrected chi connectivity index (χ0v) is 12.0. The maximum Gasteiger partial charge on any atom is 0.337 e. The van der Waals surface area contributed by atoms with Crippen LogP contribution in [0, 0.1) is 11.6 Å². The molecule has 0 radical (unpaired) electrons. The number of hydrogen-bond acceptors (Lipinski definition) is 3. The summed E-state index contributed by atoms with van der Waals surface area (Å²) in [6.07, 6.45) is 3.95. The molecule has 0 spiro atoms. The summed E-state index contributed by atoms with van der Waals surface area (Å²) in [7, 11) is 0. The minimum Gasteiger partial charge on any atom is -0.478 e. The first-order valence-corrected chi connectivity index (χ1v) is 7.42. The van der Waals surface area contributed by atoms with Crippen LogP contribution in [0.1, 0.15) is 23.2 Å². The number of benzene rings is 1. The zero-order valence-electron chi connectivity index (χ0n) is 11.2. The summed E-state index contributed by atoms with van der Waals surface area (Å²) in [5.74, 6) is -3.96. The van der Waals surface area contributed by atoms with Crippen molar-refractivity contribution in [2.45, 2.75) is 17.6 Å². The Morgan fingerprint density at radius 3 is 2.48 bits per heavy atom. The average Bonchev–Trinajstić information content (AvgIpc) is 3.21. The number of carbonyl (C=O) groups excluding carboxylic acids is 1. The van der Waals surface area contributed by atoms with E-state index in [0.717, 1.165) is 12.8 Å². The molecule has 2 amide bonds. The first-order chi connectivity index (χ1) is 9.87. The van der Waals surface area contributed by atoms with Crippen LogP contribution in [0.2, 0.25) is 0 Å². The van der Waals surface area contributed by atoms with Crippen LogP contribution in [-0.2, 0) is 0 Å². The van der Waals surface area contributed by atoms with Gasteiger partial charge >= 0.3 is 12.0 Å². The van der Waals surface area contributed by atoms with Crippen LogP contribution in [0.3, 0.4) is 0 Å². The topological polar surface area (TPSA) is 78.4 Å². The molecule has 0 aromatic heterocycles. The van der Waals surface area contributed by atoms with Gasteiger partial charge in [-0.05, 0) is 25.2 Å². The highest BCUT2D eigenvalue weighted by atomic mass is 32.2. The summed E-state index contributed by atoms with van der Waals surface area (Å²) < 4.78 is 26.3. The number of anilines is 1. The van der Waals surface area contributed by atoms with Gasteiger partial charge in [-0.3, -0.25) is 0 Å². The molecular formula is C13H14F2N2O3S. The monoisotopic (exact) mass is 316 g/mol. The summed E-state index contributed by atoms with van der Waals surface area (Å²) in [5.41, 5.74) is -0.789. The predicted octanol–water partition coefficient (Wildman–Crippen LogP) is 2.68. The highest BCUT2D eigenvalue weighted by molar-refractivity contribution is 8.00. The molecule has 0 aliphatic heterocycles. The Morgan fingerprint density at radius 1 is 1.33 bits per heavy atom. The molecule has 0 unspecified atom stereocenters. The minimum absolute atomic E-state index is 0.0427. The van der Waals surface area contributed by atoms with Crippen molar-refractivity contribution in [2.24, 2.45) is 0 Å². The summed E-state index contributed by atoms with van der Waals surface area (Å²) in [6, 6.07) is 0.543. The van der Waals surface area contributed by atoms with Crippen molar-refractivity contribution in [1.29, 1.82) is 0 Å².